The number of nitrogens with one attached hydrogen (secondary N) is 1. The molecule has 2 heterocycles. The maximum atomic E-state index is 13.3. The van der Waals surface area contributed by atoms with E-state index in [4.69, 9.17) is 0 Å². The molecule has 0 aromatic carbocycles. The molecule has 1 atom stereocenters. The number of rotatable bonds is 3. The molecule has 0 spiro atoms. The quantitative estimate of drug-likeness (QED) is 0.922. The van der Waals surface area contributed by atoms with Gasteiger partial charge in [-0.25, -0.2) is 4.98 Å². The smallest absolute Gasteiger partial charge is 0.248 e. The average molecular weight is 332 g/mol. The Morgan fingerprint density at radius 3 is 2.62 bits per heavy atom. The van der Waals surface area contributed by atoms with Gasteiger partial charge in [-0.1, -0.05) is 6.92 Å². The summed E-state index contributed by atoms with van der Waals surface area (Å²) in [7, 11) is 0. The number of piperidine rings is 1. The second kappa shape index (κ2) is 6.95. The molecule has 1 aliphatic carbocycles. The maximum Gasteiger partial charge on any atom is 0.248 e. The highest BCUT2D eigenvalue weighted by Gasteiger charge is 2.44. The Morgan fingerprint density at radius 2 is 2.00 bits per heavy atom. The molecule has 1 aliphatic heterocycles. The van der Waals surface area contributed by atoms with Crippen LogP contribution in [0.3, 0.4) is 0 Å². The SMILES string of the molecule is CC(=O)NC1(C(=O)N2CCC[C@@H](n3ccnc3)C2)CCC(C)CC1. The average Bonchev–Trinajstić information content (AvgIpc) is 3.11. The van der Waals surface area contributed by atoms with Crippen LogP contribution in [0.2, 0.25) is 0 Å². The minimum Gasteiger partial charge on any atom is -0.342 e. The van der Waals surface area contributed by atoms with Crippen molar-refractivity contribution < 1.29 is 9.59 Å². The summed E-state index contributed by atoms with van der Waals surface area (Å²) >= 11 is 0. The molecule has 2 fully saturated rings. The van der Waals surface area contributed by atoms with Gasteiger partial charge >= 0.3 is 0 Å². The molecule has 2 aliphatic rings. The number of nitrogens with zero attached hydrogens (tertiary/aromatic N) is 3. The second-order valence-electron chi connectivity index (χ2n) is 7.50. The van der Waals surface area contributed by atoms with E-state index >= 15 is 0 Å². The molecule has 132 valence electrons. The van der Waals surface area contributed by atoms with E-state index < -0.39 is 5.54 Å². The van der Waals surface area contributed by atoms with Crippen LogP contribution in [-0.4, -0.2) is 44.9 Å². The molecule has 6 heteroatoms. The minimum absolute atomic E-state index is 0.106. The molecule has 0 radical (unpaired) electrons. The number of carbonyl (C=O) groups excluding carboxylic acids is 2. The highest BCUT2D eigenvalue weighted by Crippen LogP contribution is 2.35. The van der Waals surface area contributed by atoms with Gasteiger partial charge in [0.15, 0.2) is 0 Å². The van der Waals surface area contributed by atoms with Gasteiger partial charge < -0.3 is 14.8 Å². The fourth-order valence-electron chi connectivity index (χ4n) is 4.15. The van der Waals surface area contributed by atoms with Crippen molar-refractivity contribution in [3.63, 3.8) is 0 Å². The van der Waals surface area contributed by atoms with Crippen molar-refractivity contribution in [3.05, 3.63) is 18.7 Å². The summed E-state index contributed by atoms with van der Waals surface area (Å²) in [5.74, 6) is 0.621. The molecule has 1 saturated heterocycles. The van der Waals surface area contributed by atoms with E-state index in [1.807, 2.05) is 17.4 Å². The van der Waals surface area contributed by atoms with Gasteiger partial charge in [-0.15, -0.1) is 0 Å². The first kappa shape index (κ1) is 17.0. The lowest BCUT2D eigenvalue weighted by Gasteiger charge is -2.44. The van der Waals surface area contributed by atoms with Gasteiger partial charge in [-0.05, 0) is 44.4 Å². The molecule has 24 heavy (non-hydrogen) atoms. The second-order valence-corrected chi connectivity index (χ2v) is 7.50. The molecule has 3 rings (SSSR count). The highest BCUT2D eigenvalue weighted by atomic mass is 16.2. The van der Waals surface area contributed by atoms with Crippen molar-refractivity contribution in [2.45, 2.75) is 64.0 Å². The maximum absolute atomic E-state index is 13.3. The zero-order valence-corrected chi connectivity index (χ0v) is 14.7. The van der Waals surface area contributed by atoms with Crippen molar-refractivity contribution >= 4 is 11.8 Å². The summed E-state index contributed by atoms with van der Waals surface area (Å²) < 4.78 is 2.09. The molecular formula is C18H28N4O2. The summed E-state index contributed by atoms with van der Waals surface area (Å²) in [5, 5.41) is 3.01. The van der Waals surface area contributed by atoms with Crippen molar-refractivity contribution in [1.82, 2.24) is 19.8 Å². The lowest BCUT2D eigenvalue weighted by Crippen LogP contribution is -2.61. The number of aromatic nitrogens is 2. The predicted molar refractivity (Wildman–Crippen MR) is 91.3 cm³/mol. The van der Waals surface area contributed by atoms with E-state index in [1.54, 1.807) is 6.20 Å². The van der Waals surface area contributed by atoms with Gasteiger partial charge in [0.25, 0.3) is 0 Å². The van der Waals surface area contributed by atoms with Gasteiger partial charge in [0.2, 0.25) is 11.8 Å². The Bertz CT molecular complexity index is 576. The van der Waals surface area contributed by atoms with Gasteiger partial charge in [0.1, 0.15) is 5.54 Å². The molecule has 1 aromatic rings. The summed E-state index contributed by atoms with van der Waals surface area (Å²) in [5.41, 5.74) is -0.699. The molecular weight excluding hydrogens is 304 g/mol. The lowest BCUT2D eigenvalue weighted by molar-refractivity contribution is -0.145. The van der Waals surface area contributed by atoms with E-state index in [-0.39, 0.29) is 17.9 Å². The summed E-state index contributed by atoms with van der Waals surface area (Å²) in [6.45, 7) is 5.21. The van der Waals surface area contributed by atoms with E-state index in [1.165, 1.54) is 6.92 Å². The lowest BCUT2D eigenvalue weighted by atomic mass is 9.76. The Balaban J connectivity index is 1.75. The normalized spacial score (nSPS) is 30.8. The van der Waals surface area contributed by atoms with Gasteiger partial charge in [0.05, 0.1) is 12.4 Å². The van der Waals surface area contributed by atoms with Crippen LogP contribution >= 0.6 is 0 Å². The number of imidazole rings is 1. The molecule has 2 amide bonds. The zero-order valence-electron chi connectivity index (χ0n) is 14.7. The first-order chi connectivity index (χ1) is 11.5. The number of carbonyl (C=O) groups is 2. The Hall–Kier alpha value is -1.85. The van der Waals surface area contributed by atoms with Crippen LogP contribution in [0.25, 0.3) is 0 Å². The molecule has 1 saturated carbocycles. The van der Waals surface area contributed by atoms with Crippen molar-refractivity contribution in [2.24, 2.45) is 5.92 Å². The fourth-order valence-corrected chi connectivity index (χ4v) is 4.15. The van der Waals surface area contributed by atoms with Crippen molar-refractivity contribution in [1.29, 1.82) is 0 Å². The first-order valence-corrected chi connectivity index (χ1v) is 9.06. The van der Waals surface area contributed by atoms with E-state index in [0.29, 0.717) is 12.5 Å². The van der Waals surface area contributed by atoms with Crippen LogP contribution in [0.4, 0.5) is 0 Å². The Labute approximate surface area is 143 Å². The number of hydrogen-bond donors (Lipinski definition) is 1. The van der Waals surface area contributed by atoms with Crippen molar-refractivity contribution in [2.75, 3.05) is 13.1 Å². The van der Waals surface area contributed by atoms with Crippen LogP contribution in [0.5, 0.6) is 0 Å². The van der Waals surface area contributed by atoms with Crippen LogP contribution in [-0.2, 0) is 9.59 Å². The molecule has 0 bridgehead atoms. The summed E-state index contributed by atoms with van der Waals surface area (Å²) in [6.07, 6.45) is 11.1. The first-order valence-electron chi connectivity index (χ1n) is 9.06. The molecule has 0 unspecified atom stereocenters. The van der Waals surface area contributed by atoms with Crippen LogP contribution < -0.4 is 5.32 Å². The third-order valence-corrected chi connectivity index (χ3v) is 5.58. The van der Waals surface area contributed by atoms with Gasteiger partial charge in [0, 0.05) is 32.4 Å². The number of likely N-dealkylation sites (tertiary alicyclic amines) is 1. The molecule has 6 nitrogen and oxygen atoms in total. The van der Waals surface area contributed by atoms with Crippen LogP contribution in [0.15, 0.2) is 18.7 Å². The van der Waals surface area contributed by atoms with E-state index in [9.17, 15) is 9.59 Å². The largest absolute Gasteiger partial charge is 0.342 e. The van der Waals surface area contributed by atoms with Crippen LogP contribution in [0.1, 0.15) is 58.4 Å². The van der Waals surface area contributed by atoms with E-state index in [2.05, 4.69) is 21.8 Å². The number of amides is 2. The standard InChI is InChI=1S/C18H28N4O2/c1-14-5-7-18(8-6-14,20-15(2)23)17(24)21-10-3-4-16(12-21)22-11-9-19-13-22/h9,11,13-14,16H,3-8,10,12H2,1-2H3,(H,20,23)/t14?,16-,18?/m1/s1. The highest BCUT2D eigenvalue weighted by molar-refractivity contribution is 5.91. The number of hydrogen-bond acceptors (Lipinski definition) is 3. The third-order valence-electron chi connectivity index (χ3n) is 5.58. The van der Waals surface area contributed by atoms with Crippen LogP contribution in [0, 0.1) is 5.92 Å². The summed E-state index contributed by atoms with van der Waals surface area (Å²) in [4.78, 5) is 31.1. The summed E-state index contributed by atoms with van der Waals surface area (Å²) in [6, 6.07) is 0.280. The Kier molecular flexibility index (Phi) is 4.92. The minimum atomic E-state index is -0.699. The predicted octanol–water partition coefficient (Wildman–Crippen LogP) is 2.13. The van der Waals surface area contributed by atoms with Gasteiger partial charge in [-0.2, -0.15) is 0 Å². The topological polar surface area (TPSA) is 67.2 Å². The molecule has 1 aromatic heterocycles. The fraction of sp³-hybridized carbons (Fsp3) is 0.722. The third kappa shape index (κ3) is 3.47. The van der Waals surface area contributed by atoms with Gasteiger partial charge in [-0.3, -0.25) is 9.59 Å². The van der Waals surface area contributed by atoms with Crippen molar-refractivity contribution in [3.8, 4) is 0 Å². The monoisotopic (exact) mass is 332 g/mol. The van der Waals surface area contributed by atoms with E-state index in [0.717, 1.165) is 45.1 Å². The molecule has 1 N–H and O–H groups in total. The Morgan fingerprint density at radius 1 is 1.25 bits per heavy atom. The zero-order chi connectivity index (χ0) is 17.2.